The lowest BCUT2D eigenvalue weighted by Gasteiger charge is -2.51. The maximum Gasteiger partial charge on any atom is 0.272 e. The van der Waals surface area contributed by atoms with Crippen LogP contribution in [0.15, 0.2) is 67.0 Å². The van der Waals surface area contributed by atoms with Crippen LogP contribution in [-0.4, -0.2) is 74.2 Å². The number of H-pyrrole nitrogens is 1. The Morgan fingerprint density at radius 2 is 1.86 bits per heavy atom. The van der Waals surface area contributed by atoms with Gasteiger partial charge in [0, 0.05) is 53.9 Å². The Labute approximate surface area is 249 Å². The molecule has 5 heterocycles. The summed E-state index contributed by atoms with van der Waals surface area (Å²) in [6, 6.07) is 17.5. The number of rotatable bonds is 5. The first-order valence-electron chi connectivity index (χ1n) is 14.3. The number of aromatic nitrogens is 3. The maximum atomic E-state index is 13.9. The molecule has 3 aromatic heterocycles. The van der Waals surface area contributed by atoms with Crippen LogP contribution in [0.4, 0.5) is 0 Å². The van der Waals surface area contributed by atoms with Crippen LogP contribution < -0.4 is 5.32 Å². The number of nitrogens with one attached hydrogen (secondary N) is 2. The topological polar surface area (TPSA) is 135 Å². The molecule has 2 aliphatic heterocycles. The lowest BCUT2D eigenvalue weighted by atomic mass is 9.75. The molecule has 2 saturated heterocycles. The summed E-state index contributed by atoms with van der Waals surface area (Å²) in [7, 11) is 0. The largest absolute Gasteiger partial charge is 0.351 e. The van der Waals surface area contributed by atoms with Crippen molar-refractivity contribution in [3.05, 3.63) is 83.9 Å². The third-order valence-electron chi connectivity index (χ3n) is 8.56. The molecule has 10 heteroatoms. The van der Waals surface area contributed by atoms with E-state index in [2.05, 4.69) is 27.2 Å². The molecule has 2 N–H and O–H groups in total. The van der Waals surface area contributed by atoms with Gasteiger partial charge < -0.3 is 20.1 Å². The molecule has 218 valence electrons. The standard InChI is InChI=1S/C33H33N7O3/c1-32(2,3)28(38-29(41)26-13-21-7-5-6-8-24(21)37-26)31(43)39-17-27-33(4,18-39)19-40(27)30(42)25-12-10-22(16-36-25)23-11-9-20(14-34)15-35-23/h5-13,15-16,27-28,37H,17-19H2,1-4H3,(H,38,41). The van der Waals surface area contributed by atoms with Gasteiger partial charge in [-0.2, -0.15) is 5.26 Å². The number of nitrogens with zero attached hydrogens (tertiary/aromatic N) is 5. The van der Waals surface area contributed by atoms with Crippen molar-refractivity contribution in [2.75, 3.05) is 19.6 Å². The van der Waals surface area contributed by atoms with Gasteiger partial charge in [-0.1, -0.05) is 45.9 Å². The fourth-order valence-corrected chi connectivity index (χ4v) is 6.12. The number of carbonyl (C=O) groups is 3. The van der Waals surface area contributed by atoms with Crippen molar-refractivity contribution in [2.45, 2.75) is 39.8 Å². The van der Waals surface area contributed by atoms with Crippen molar-refractivity contribution >= 4 is 28.6 Å². The van der Waals surface area contributed by atoms with Gasteiger partial charge in [0.2, 0.25) is 5.91 Å². The number of aromatic amines is 1. The summed E-state index contributed by atoms with van der Waals surface area (Å²) in [5.41, 5.74) is 2.69. The van der Waals surface area contributed by atoms with E-state index in [9.17, 15) is 14.4 Å². The summed E-state index contributed by atoms with van der Waals surface area (Å²) in [6.07, 6.45) is 3.11. The average molecular weight is 576 g/mol. The molecule has 3 unspecified atom stereocenters. The van der Waals surface area contributed by atoms with Gasteiger partial charge in [-0.15, -0.1) is 0 Å². The Kier molecular flexibility index (Phi) is 6.76. The second kappa shape index (κ2) is 10.3. The number of amides is 3. The first-order valence-corrected chi connectivity index (χ1v) is 14.3. The second-order valence-corrected chi connectivity index (χ2v) is 12.8. The molecule has 0 saturated carbocycles. The number of benzene rings is 1. The zero-order valence-corrected chi connectivity index (χ0v) is 24.6. The minimum absolute atomic E-state index is 0.143. The molecule has 0 bridgehead atoms. The molecular weight excluding hydrogens is 542 g/mol. The number of hydrogen-bond acceptors (Lipinski definition) is 6. The molecule has 3 amide bonds. The number of fused-ring (bicyclic) bond motifs is 2. The van der Waals surface area contributed by atoms with E-state index in [1.807, 2.05) is 51.1 Å². The van der Waals surface area contributed by atoms with E-state index in [1.165, 1.54) is 6.20 Å². The Hall–Kier alpha value is -5.04. The van der Waals surface area contributed by atoms with E-state index < -0.39 is 11.5 Å². The van der Waals surface area contributed by atoms with Gasteiger partial charge in [-0.3, -0.25) is 24.4 Å². The highest BCUT2D eigenvalue weighted by molar-refractivity contribution is 6.00. The van der Waals surface area contributed by atoms with Crippen molar-refractivity contribution in [3.8, 4) is 17.3 Å². The van der Waals surface area contributed by atoms with Crippen LogP contribution in [0.2, 0.25) is 0 Å². The van der Waals surface area contributed by atoms with E-state index in [0.717, 1.165) is 16.5 Å². The molecule has 0 spiro atoms. The number of hydrogen-bond donors (Lipinski definition) is 2. The van der Waals surface area contributed by atoms with E-state index >= 15 is 0 Å². The summed E-state index contributed by atoms with van der Waals surface area (Å²) in [5.74, 6) is -0.673. The summed E-state index contributed by atoms with van der Waals surface area (Å²) < 4.78 is 0. The monoisotopic (exact) mass is 575 g/mol. The number of likely N-dealkylation sites (tertiary alicyclic amines) is 2. The van der Waals surface area contributed by atoms with Gasteiger partial charge in [0.25, 0.3) is 11.8 Å². The summed E-state index contributed by atoms with van der Waals surface area (Å²) in [5, 5.41) is 12.9. The predicted octanol–water partition coefficient (Wildman–Crippen LogP) is 4.01. The minimum atomic E-state index is -0.748. The van der Waals surface area contributed by atoms with Gasteiger partial charge in [0.1, 0.15) is 23.5 Å². The van der Waals surface area contributed by atoms with Crippen LogP contribution in [0.5, 0.6) is 0 Å². The SMILES string of the molecule is CC(C)(C)C(NC(=O)c1cc2ccccc2[nH]1)C(=O)N1CC2N(C(=O)c3ccc(-c4ccc(C#N)cn4)cn3)CC2(C)C1. The van der Waals surface area contributed by atoms with Gasteiger partial charge in [-0.25, -0.2) is 0 Å². The van der Waals surface area contributed by atoms with Gasteiger partial charge in [0.05, 0.1) is 17.3 Å². The van der Waals surface area contributed by atoms with Crippen LogP contribution in [0, 0.1) is 22.2 Å². The highest BCUT2D eigenvalue weighted by atomic mass is 16.2. The van der Waals surface area contributed by atoms with Crippen LogP contribution in [0.25, 0.3) is 22.2 Å². The van der Waals surface area contributed by atoms with E-state index in [4.69, 9.17) is 5.26 Å². The maximum absolute atomic E-state index is 13.9. The summed E-state index contributed by atoms with van der Waals surface area (Å²) in [4.78, 5) is 56.0. The predicted molar refractivity (Wildman–Crippen MR) is 161 cm³/mol. The molecule has 0 radical (unpaired) electrons. The van der Waals surface area contributed by atoms with E-state index in [-0.39, 0.29) is 29.2 Å². The van der Waals surface area contributed by atoms with Crippen LogP contribution in [0.1, 0.15) is 54.2 Å². The van der Waals surface area contributed by atoms with Crippen molar-refractivity contribution in [1.29, 1.82) is 5.26 Å². The fourth-order valence-electron chi connectivity index (χ4n) is 6.12. The summed E-state index contributed by atoms with van der Waals surface area (Å²) in [6.45, 7) is 9.32. The fraction of sp³-hybridized carbons (Fsp3) is 0.333. The lowest BCUT2D eigenvalue weighted by Crippen LogP contribution is -2.64. The Morgan fingerprint density at radius 1 is 1.07 bits per heavy atom. The molecule has 3 atom stereocenters. The zero-order valence-electron chi connectivity index (χ0n) is 24.6. The lowest BCUT2D eigenvalue weighted by molar-refractivity contribution is -0.135. The van der Waals surface area contributed by atoms with Crippen LogP contribution in [0.3, 0.4) is 0 Å². The molecule has 1 aromatic carbocycles. The van der Waals surface area contributed by atoms with Crippen LogP contribution >= 0.6 is 0 Å². The molecule has 0 aliphatic carbocycles. The first-order chi connectivity index (χ1) is 20.5. The molecular formula is C33H33N7O3. The second-order valence-electron chi connectivity index (χ2n) is 12.8. The van der Waals surface area contributed by atoms with Crippen LogP contribution in [-0.2, 0) is 4.79 Å². The summed E-state index contributed by atoms with van der Waals surface area (Å²) >= 11 is 0. The van der Waals surface area contributed by atoms with Crippen molar-refractivity contribution in [1.82, 2.24) is 30.1 Å². The number of para-hydroxylation sites is 1. The first kappa shape index (κ1) is 28.1. The number of carbonyl (C=O) groups excluding carboxylic acids is 3. The Bertz CT molecular complexity index is 1730. The molecule has 2 aliphatic rings. The van der Waals surface area contributed by atoms with Gasteiger partial charge in [0.15, 0.2) is 0 Å². The number of pyridine rings is 2. The quantitative estimate of drug-likeness (QED) is 0.369. The minimum Gasteiger partial charge on any atom is -0.351 e. The number of nitriles is 1. The zero-order chi connectivity index (χ0) is 30.5. The van der Waals surface area contributed by atoms with Crippen molar-refractivity contribution in [2.24, 2.45) is 10.8 Å². The van der Waals surface area contributed by atoms with Gasteiger partial charge in [-0.05, 0) is 41.8 Å². The Balaban J connectivity index is 1.14. The third kappa shape index (κ3) is 5.12. The van der Waals surface area contributed by atoms with Crippen molar-refractivity contribution < 1.29 is 14.4 Å². The normalized spacial score (nSPS) is 20.2. The van der Waals surface area contributed by atoms with E-state index in [1.54, 1.807) is 46.3 Å². The smallest absolute Gasteiger partial charge is 0.272 e. The van der Waals surface area contributed by atoms with Crippen molar-refractivity contribution in [3.63, 3.8) is 0 Å². The molecule has 43 heavy (non-hydrogen) atoms. The molecule has 2 fully saturated rings. The van der Waals surface area contributed by atoms with Gasteiger partial charge >= 0.3 is 0 Å². The highest BCUT2D eigenvalue weighted by Gasteiger charge is 2.58. The molecule has 10 nitrogen and oxygen atoms in total. The average Bonchev–Trinajstić information content (AvgIpc) is 3.54. The van der Waals surface area contributed by atoms with E-state index in [0.29, 0.717) is 42.3 Å². The molecule has 6 rings (SSSR count). The highest BCUT2D eigenvalue weighted by Crippen LogP contribution is 2.44. The molecule has 4 aromatic rings. The Morgan fingerprint density at radius 3 is 2.51 bits per heavy atom. The third-order valence-corrected chi connectivity index (χ3v) is 8.56.